The van der Waals surface area contributed by atoms with E-state index in [9.17, 15) is 9.59 Å². The van der Waals surface area contributed by atoms with Crippen molar-refractivity contribution in [1.82, 2.24) is 5.32 Å². The van der Waals surface area contributed by atoms with Crippen LogP contribution in [0.25, 0.3) is 0 Å². The molecule has 1 saturated heterocycles. The van der Waals surface area contributed by atoms with Crippen LogP contribution in [0.1, 0.15) is 34.1 Å². The quantitative estimate of drug-likeness (QED) is 0.605. The van der Waals surface area contributed by atoms with Crippen LogP contribution in [-0.4, -0.2) is 11.8 Å². The molecule has 1 N–H and O–H groups in total. The number of hydrogen-bond donors (Lipinski definition) is 1. The molecule has 3 heteroatoms. The highest BCUT2D eigenvalue weighted by Crippen LogP contribution is 2.19. The molecule has 0 radical (unpaired) electrons. The van der Waals surface area contributed by atoms with Gasteiger partial charge in [-0.05, 0) is 5.92 Å². The van der Waals surface area contributed by atoms with Gasteiger partial charge in [0.05, 0.1) is 0 Å². The van der Waals surface area contributed by atoms with Crippen molar-refractivity contribution >= 4 is 11.8 Å². The van der Waals surface area contributed by atoms with Crippen LogP contribution in [0.3, 0.4) is 0 Å². The Labute approximate surface area is 73.5 Å². The number of rotatable bonds is 1. The zero-order valence-electron chi connectivity index (χ0n) is 8.18. The number of carbonyl (C=O) groups is 2. The first-order chi connectivity index (χ1) is 5.61. The highest BCUT2D eigenvalue weighted by Gasteiger charge is 2.32. The monoisotopic (exact) mass is 171 g/mol. The summed E-state index contributed by atoms with van der Waals surface area (Å²) in [6.45, 7) is 7.89. The zero-order valence-corrected chi connectivity index (χ0v) is 8.18. The molecule has 1 heterocycles. The summed E-state index contributed by atoms with van der Waals surface area (Å²) in [6, 6.07) is 0. The Balaban J connectivity index is 0.000000561. The Morgan fingerprint density at radius 2 is 1.83 bits per heavy atom. The lowest BCUT2D eigenvalue weighted by Gasteiger charge is -2.07. The minimum Gasteiger partial charge on any atom is -0.296 e. The minimum absolute atomic E-state index is 0.0903. The van der Waals surface area contributed by atoms with Crippen LogP contribution in [0.4, 0.5) is 0 Å². The topological polar surface area (TPSA) is 46.2 Å². The Morgan fingerprint density at radius 3 is 2.00 bits per heavy atom. The Bertz CT molecular complexity index is 175. The molecule has 0 aromatic heterocycles. The van der Waals surface area contributed by atoms with E-state index in [0.717, 1.165) is 0 Å². The molecule has 1 fully saturated rings. The Morgan fingerprint density at radius 1 is 1.33 bits per heavy atom. The zero-order chi connectivity index (χ0) is 9.72. The van der Waals surface area contributed by atoms with Crippen molar-refractivity contribution in [2.24, 2.45) is 11.8 Å². The average Bonchev–Trinajstić information content (AvgIpc) is 2.34. The third-order valence-electron chi connectivity index (χ3n) is 1.81. The molecule has 1 aliphatic heterocycles. The lowest BCUT2D eigenvalue weighted by molar-refractivity contribution is -0.126. The van der Waals surface area contributed by atoms with E-state index < -0.39 is 0 Å². The molecule has 12 heavy (non-hydrogen) atoms. The van der Waals surface area contributed by atoms with E-state index in [4.69, 9.17) is 0 Å². The highest BCUT2D eigenvalue weighted by molar-refractivity contribution is 6.03. The van der Waals surface area contributed by atoms with Gasteiger partial charge < -0.3 is 0 Å². The van der Waals surface area contributed by atoms with Crippen molar-refractivity contribution in [3.8, 4) is 0 Å². The highest BCUT2D eigenvalue weighted by atomic mass is 16.2. The van der Waals surface area contributed by atoms with Crippen LogP contribution in [0.2, 0.25) is 0 Å². The predicted molar refractivity (Wildman–Crippen MR) is 47.4 cm³/mol. The summed E-state index contributed by atoms with van der Waals surface area (Å²) in [5.41, 5.74) is 0. The molecular formula is C9H17NO2. The molecule has 3 nitrogen and oxygen atoms in total. The molecule has 0 aromatic carbocycles. The van der Waals surface area contributed by atoms with E-state index in [0.29, 0.717) is 6.42 Å². The maximum absolute atomic E-state index is 10.9. The average molecular weight is 171 g/mol. The third-order valence-corrected chi connectivity index (χ3v) is 1.81. The fourth-order valence-electron chi connectivity index (χ4n) is 1.11. The maximum atomic E-state index is 10.9. The Kier molecular flexibility index (Phi) is 4.55. The van der Waals surface area contributed by atoms with Crippen LogP contribution in [0, 0.1) is 11.8 Å². The summed E-state index contributed by atoms with van der Waals surface area (Å²) < 4.78 is 0. The minimum atomic E-state index is -0.135. The summed E-state index contributed by atoms with van der Waals surface area (Å²) in [7, 11) is 0. The fraction of sp³-hybridized carbons (Fsp3) is 0.778. The first-order valence-electron chi connectivity index (χ1n) is 4.45. The van der Waals surface area contributed by atoms with Gasteiger partial charge in [0.25, 0.3) is 0 Å². The third kappa shape index (κ3) is 2.64. The van der Waals surface area contributed by atoms with E-state index in [1.807, 2.05) is 27.7 Å². The van der Waals surface area contributed by atoms with Crippen LogP contribution >= 0.6 is 0 Å². The molecule has 0 bridgehead atoms. The van der Waals surface area contributed by atoms with Gasteiger partial charge in [0, 0.05) is 12.3 Å². The molecule has 70 valence electrons. The van der Waals surface area contributed by atoms with Gasteiger partial charge in [-0.3, -0.25) is 14.9 Å². The van der Waals surface area contributed by atoms with Gasteiger partial charge in [0.2, 0.25) is 11.8 Å². The lowest BCUT2D eigenvalue weighted by Crippen LogP contribution is -2.24. The first-order valence-corrected chi connectivity index (χ1v) is 4.45. The molecule has 0 aliphatic carbocycles. The van der Waals surface area contributed by atoms with Crippen LogP contribution in [0.5, 0.6) is 0 Å². The first kappa shape index (κ1) is 11.1. The normalized spacial score (nSPS) is 21.9. The summed E-state index contributed by atoms with van der Waals surface area (Å²) in [5, 5.41) is 2.27. The fourth-order valence-corrected chi connectivity index (χ4v) is 1.11. The van der Waals surface area contributed by atoms with E-state index in [-0.39, 0.29) is 23.7 Å². The molecule has 0 saturated carbocycles. The molecule has 1 rings (SSSR count). The smallest absolute Gasteiger partial charge is 0.230 e. The molecule has 2 amide bonds. The second-order valence-electron chi connectivity index (χ2n) is 2.97. The van der Waals surface area contributed by atoms with Gasteiger partial charge in [-0.1, -0.05) is 27.7 Å². The molecule has 1 unspecified atom stereocenters. The molecule has 1 aliphatic rings. The van der Waals surface area contributed by atoms with Gasteiger partial charge in [-0.2, -0.15) is 0 Å². The van der Waals surface area contributed by atoms with Crippen molar-refractivity contribution in [1.29, 1.82) is 0 Å². The van der Waals surface area contributed by atoms with Crippen molar-refractivity contribution in [2.75, 3.05) is 0 Å². The van der Waals surface area contributed by atoms with Crippen LogP contribution in [0.15, 0.2) is 0 Å². The van der Waals surface area contributed by atoms with Crippen molar-refractivity contribution in [3.05, 3.63) is 0 Å². The number of imide groups is 1. The van der Waals surface area contributed by atoms with Crippen molar-refractivity contribution < 1.29 is 9.59 Å². The van der Waals surface area contributed by atoms with Crippen molar-refractivity contribution in [2.45, 2.75) is 34.1 Å². The van der Waals surface area contributed by atoms with Crippen LogP contribution in [-0.2, 0) is 9.59 Å². The molecule has 0 spiro atoms. The number of amides is 2. The van der Waals surface area contributed by atoms with Gasteiger partial charge in [-0.15, -0.1) is 0 Å². The van der Waals surface area contributed by atoms with Crippen LogP contribution < -0.4 is 5.32 Å². The van der Waals surface area contributed by atoms with Gasteiger partial charge in [0.1, 0.15) is 0 Å². The number of hydrogen-bond acceptors (Lipinski definition) is 2. The number of carbonyl (C=O) groups excluding carboxylic acids is 2. The largest absolute Gasteiger partial charge is 0.296 e. The lowest BCUT2D eigenvalue weighted by atomic mass is 9.95. The standard InChI is InChI=1S/C7H11NO2.C2H6/c1-4(2)5-3-6(9)8-7(5)10;1-2/h4-5H,3H2,1-2H3,(H,8,9,10);1-2H3. The second-order valence-corrected chi connectivity index (χ2v) is 2.97. The van der Waals surface area contributed by atoms with Gasteiger partial charge >= 0.3 is 0 Å². The van der Waals surface area contributed by atoms with E-state index in [1.54, 1.807) is 0 Å². The molecular weight excluding hydrogens is 154 g/mol. The summed E-state index contributed by atoms with van der Waals surface area (Å²) in [4.78, 5) is 21.5. The van der Waals surface area contributed by atoms with E-state index in [1.165, 1.54) is 0 Å². The van der Waals surface area contributed by atoms with Gasteiger partial charge in [-0.25, -0.2) is 0 Å². The summed E-state index contributed by atoms with van der Waals surface area (Å²) in [6.07, 6.45) is 0.372. The maximum Gasteiger partial charge on any atom is 0.230 e. The Hall–Kier alpha value is -0.860. The predicted octanol–water partition coefficient (Wildman–Crippen LogP) is 1.33. The van der Waals surface area contributed by atoms with Crippen molar-refractivity contribution in [3.63, 3.8) is 0 Å². The van der Waals surface area contributed by atoms with E-state index >= 15 is 0 Å². The summed E-state index contributed by atoms with van der Waals surface area (Å²) >= 11 is 0. The second kappa shape index (κ2) is 4.91. The summed E-state index contributed by atoms with van der Waals surface area (Å²) in [5.74, 6) is -0.0670. The SMILES string of the molecule is CC.CC(C)C1CC(=O)NC1=O. The number of nitrogens with one attached hydrogen (secondary N) is 1. The molecule has 1 atom stereocenters. The van der Waals surface area contributed by atoms with Gasteiger partial charge in [0.15, 0.2) is 0 Å². The molecule has 0 aromatic rings. The van der Waals surface area contributed by atoms with E-state index in [2.05, 4.69) is 5.32 Å².